The van der Waals surface area contributed by atoms with E-state index in [0.717, 1.165) is 96.3 Å². The van der Waals surface area contributed by atoms with Crippen molar-refractivity contribution in [2.24, 2.45) is 0 Å². The Bertz CT molecular complexity index is 1670. The van der Waals surface area contributed by atoms with Crippen LogP contribution in [0.15, 0.2) is 158 Å². The van der Waals surface area contributed by atoms with E-state index in [0.29, 0.717) is 19.3 Å². The van der Waals surface area contributed by atoms with Crippen LogP contribution in [0.25, 0.3) is 0 Å². The van der Waals surface area contributed by atoms with Crippen molar-refractivity contribution >= 4 is 17.9 Å². The molecule has 0 unspecified atom stereocenters. The molecule has 0 aromatic rings. The van der Waals surface area contributed by atoms with Crippen LogP contribution >= 0.6 is 0 Å². The largest absolute Gasteiger partial charge is 0.462 e. The molecule has 0 fully saturated rings. The van der Waals surface area contributed by atoms with E-state index in [2.05, 4.69) is 154 Å². The van der Waals surface area contributed by atoms with Crippen LogP contribution in [-0.2, 0) is 28.6 Å². The van der Waals surface area contributed by atoms with E-state index in [1.54, 1.807) is 0 Å². The van der Waals surface area contributed by atoms with Crippen molar-refractivity contribution in [1.29, 1.82) is 0 Å². The fourth-order valence-electron chi connectivity index (χ4n) is 7.19. The van der Waals surface area contributed by atoms with E-state index < -0.39 is 12.1 Å². The van der Waals surface area contributed by atoms with Crippen molar-refractivity contribution in [3.05, 3.63) is 158 Å². The molecule has 0 rings (SSSR count). The summed E-state index contributed by atoms with van der Waals surface area (Å²) in [4.78, 5) is 38.1. The standard InChI is InChI=1S/C67H104O6/c1-4-7-10-13-16-19-22-25-28-31-33-36-39-42-45-48-51-54-57-60-66(69)72-63-64(62-71-65(68)59-56-53-50-47-44-41-38-35-30-27-24-21-18-15-12-9-6-3)73-67(70)61-58-55-52-49-46-43-40-37-34-32-29-26-23-20-17-14-11-8-5-2/h7,10,16-21,25-30,33-34,36-37,42-43,45-46,51-52,54-55,64H,4-6,8-9,11-15,22-24,31-32,35,38-41,44,47-50,53,56-63H2,1-3H3/b10-7-,19-16-,20-17-,21-18-,28-25-,29-26-,30-27-,36-33-,37-34-,45-42-,46-43-,54-51-,55-52-/t64-/m0/s1. The predicted molar refractivity (Wildman–Crippen MR) is 315 cm³/mol. The predicted octanol–water partition coefficient (Wildman–Crippen LogP) is 19.8. The minimum absolute atomic E-state index is 0.142. The molecule has 73 heavy (non-hydrogen) atoms. The summed E-state index contributed by atoms with van der Waals surface area (Å²) < 4.78 is 16.7. The average Bonchev–Trinajstić information content (AvgIpc) is 3.39. The number of hydrogen-bond acceptors (Lipinski definition) is 6. The first kappa shape index (κ1) is 68.0. The number of carbonyl (C=O) groups excluding carboxylic acids is 3. The van der Waals surface area contributed by atoms with Crippen molar-refractivity contribution in [2.75, 3.05) is 13.2 Å². The van der Waals surface area contributed by atoms with Gasteiger partial charge in [-0.3, -0.25) is 14.4 Å². The summed E-state index contributed by atoms with van der Waals surface area (Å²) in [6.07, 6.45) is 86.8. The highest BCUT2D eigenvalue weighted by molar-refractivity contribution is 5.71. The Morgan fingerprint density at radius 3 is 0.918 bits per heavy atom. The Kier molecular flexibility index (Phi) is 55.5. The van der Waals surface area contributed by atoms with Gasteiger partial charge in [0, 0.05) is 19.3 Å². The molecule has 0 aromatic carbocycles. The third-order valence-corrected chi connectivity index (χ3v) is 11.5. The second kappa shape index (κ2) is 59.6. The lowest BCUT2D eigenvalue weighted by Gasteiger charge is -2.18. The molecule has 6 nitrogen and oxygen atoms in total. The second-order valence-corrected chi connectivity index (χ2v) is 18.5. The van der Waals surface area contributed by atoms with Gasteiger partial charge in [0.15, 0.2) is 6.10 Å². The van der Waals surface area contributed by atoms with Gasteiger partial charge in [-0.2, -0.15) is 0 Å². The van der Waals surface area contributed by atoms with Gasteiger partial charge in [0.2, 0.25) is 0 Å². The number of unbranched alkanes of at least 4 members (excludes halogenated alkanes) is 13. The van der Waals surface area contributed by atoms with Crippen LogP contribution in [0.4, 0.5) is 0 Å². The Morgan fingerprint density at radius 2 is 0.562 bits per heavy atom. The molecule has 0 radical (unpaired) electrons. The molecule has 0 bridgehead atoms. The zero-order valence-electron chi connectivity index (χ0n) is 46.6. The lowest BCUT2D eigenvalue weighted by molar-refractivity contribution is -0.166. The van der Waals surface area contributed by atoms with Gasteiger partial charge >= 0.3 is 17.9 Å². The molecule has 0 aliphatic rings. The van der Waals surface area contributed by atoms with Crippen molar-refractivity contribution in [3.8, 4) is 0 Å². The van der Waals surface area contributed by atoms with Crippen LogP contribution in [-0.4, -0.2) is 37.2 Å². The number of esters is 3. The van der Waals surface area contributed by atoms with Gasteiger partial charge in [-0.1, -0.05) is 237 Å². The van der Waals surface area contributed by atoms with E-state index in [1.807, 2.05) is 24.3 Å². The fourth-order valence-corrected chi connectivity index (χ4v) is 7.19. The first-order chi connectivity index (χ1) is 36.0. The van der Waals surface area contributed by atoms with Gasteiger partial charge in [0.1, 0.15) is 13.2 Å². The Morgan fingerprint density at radius 1 is 0.288 bits per heavy atom. The summed E-state index contributed by atoms with van der Waals surface area (Å²) in [5.41, 5.74) is 0. The highest BCUT2D eigenvalue weighted by Crippen LogP contribution is 2.12. The SMILES string of the molecule is CC/C=C\C/C=C\C/C=C\C/C=C\C/C=C\C/C=C\CCC(=O)OC[C@H](COC(=O)CCCCCCCCC/C=C\C/C=C\CCCCC)OC(=O)CC/C=C\C/C=C\C/C=C\C/C=C\C/C=C\CCCCC. The molecule has 1 atom stereocenters. The molecule has 0 aliphatic carbocycles. The van der Waals surface area contributed by atoms with E-state index >= 15 is 0 Å². The summed E-state index contributed by atoms with van der Waals surface area (Å²) in [5.74, 6) is -1.13. The zero-order valence-corrected chi connectivity index (χ0v) is 46.6. The fraction of sp³-hybridized carbons (Fsp3) is 0.567. The Hall–Kier alpha value is -4.97. The quantitative estimate of drug-likeness (QED) is 0.0261. The molecule has 0 spiro atoms. The maximum absolute atomic E-state index is 12.8. The lowest BCUT2D eigenvalue weighted by Crippen LogP contribution is -2.30. The summed E-state index contributed by atoms with van der Waals surface area (Å²) >= 11 is 0. The summed E-state index contributed by atoms with van der Waals surface area (Å²) in [6, 6.07) is 0. The minimum atomic E-state index is -0.860. The highest BCUT2D eigenvalue weighted by Gasteiger charge is 2.19. The molecule has 0 saturated carbocycles. The smallest absolute Gasteiger partial charge is 0.306 e. The normalized spacial score (nSPS) is 13.3. The Labute approximate surface area is 448 Å². The summed E-state index contributed by atoms with van der Waals surface area (Å²) in [6.45, 7) is 6.32. The molecule has 0 heterocycles. The van der Waals surface area contributed by atoms with Crippen molar-refractivity contribution in [1.82, 2.24) is 0 Å². The molecule has 0 saturated heterocycles. The van der Waals surface area contributed by atoms with Crippen molar-refractivity contribution in [3.63, 3.8) is 0 Å². The van der Waals surface area contributed by atoms with Crippen LogP contribution in [0.2, 0.25) is 0 Å². The number of allylic oxidation sites excluding steroid dienone is 26. The number of rotatable bonds is 50. The van der Waals surface area contributed by atoms with Gasteiger partial charge in [0.05, 0.1) is 0 Å². The van der Waals surface area contributed by atoms with Gasteiger partial charge in [-0.25, -0.2) is 0 Å². The monoisotopic (exact) mass is 1000 g/mol. The minimum Gasteiger partial charge on any atom is -0.462 e. The topological polar surface area (TPSA) is 78.9 Å². The molecule has 408 valence electrons. The average molecular weight is 1010 g/mol. The molecule has 0 aliphatic heterocycles. The van der Waals surface area contributed by atoms with Gasteiger partial charge in [-0.15, -0.1) is 0 Å². The van der Waals surface area contributed by atoms with Gasteiger partial charge < -0.3 is 14.2 Å². The molecule has 0 N–H and O–H groups in total. The maximum Gasteiger partial charge on any atom is 0.306 e. The van der Waals surface area contributed by atoms with E-state index in [4.69, 9.17) is 14.2 Å². The van der Waals surface area contributed by atoms with Gasteiger partial charge in [-0.05, 0) is 128 Å². The van der Waals surface area contributed by atoms with E-state index in [1.165, 1.54) is 77.0 Å². The van der Waals surface area contributed by atoms with Crippen LogP contribution < -0.4 is 0 Å². The number of hydrogen-bond donors (Lipinski definition) is 0. The first-order valence-electron chi connectivity index (χ1n) is 29.0. The van der Waals surface area contributed by atoms with Crippen LogP contribution in [0, 0.1) is 0 Å². The third-order valence-electron chi connectivity index (χ3n) is 11.5. The molecule has 0 amide bonds. The summed E-state index contributed by atoms with van der Waals surface area (Å²) in [5, 5.41) is 0. The Balaban J connectivity index is 4.66. The van der Waals surface area contributed by atoms with Gasteiger partial charge in [0.25, 0.3) is 0 Å². The summed E-state index contributed by atoms with van der Waals surface area (Å²) in [7, 11) is 0. The van der Waals surface area contributed by atoms with E-state index in [9.17, 15) is 14.4 Å². The number of carbonyl (C=O) groups is 3. The van der Waals surface area contributed by atoms with Crippen molar-refractivity contribution < 1.29 is 28.6 Å². The maximum atomic E-state index is 12.8. The molecule has 0 aromatic heterocycles. The van der Waals surface area contributed by atoms with E-state index in [-0.39, 0.29) is 38.0 Å². The molecule has 6 heteroatoms. The lowest BCUT2D eigenvalue weighted by atomic mass is 10.1. The van der Waals surface area contributed by atoms with Crippen LogP contribution in [0.5, 0.6) is 0 Å². The second-order valence-electron chi connectivity index (χ2n) is 18.5. The van der Waals surface area contributed by atoms with Crippen LogP contribution in [0.3, 0.4) is 0 Å². The first-order valence-corrected chi connectivity index (χ1v) is 29.0. The highest BCUT2D eigenvalue weighted by atomic mass is 16.6. The third kappa shape index (κ3) is 57.8. The van der Waals surface area contributed by atoms with Crippen LogP contribution in [0.1, 0.15) is 226 Å². The number of ether oxygens (including phenoxy) is 3. The zero-order chi connectivity index (χ0) is 52.9. The molecular formula is C67H104O6. The van der Waals surface area contributed by atoms with Crippen molar-refractivity contribution in [2.45, 2.75) is 232 Å². The molecular weight excluding hydrogens is 901 g/mol.